The summed E-state index contributed by atoms with van der Waals surface area (Å²) in [6.45, 7) is 0. The molecule has 1 aliphatic carbocycles. The largest absolute Gasteiger partial charge is 0.457 e. The Balaban J connectivity index is 1.25. The molecule has 0 saturated carbocycles. The maximum Gasteiger partial charge on any atom is 0.132 e. The second kappa shape index (κ2) is 10.0. The molecule has 0 fully saturated rings. The summed E-state index contributed by atoms with van der Waals surface area (Å²) in [4.78, 5) is 0. The maximum absolute atomic E-state index is 6.54. The Morgan fingerprint density at radius 3 is 1.92 bits per heavy atom. The van der Waals surface area contributed by atoms with Crippen LogP contribution in [-0.4, -0.2) is 4.57 Å². The van der Waals surface area contributed by atoms with Crippen molar-refractivity contribution in [3.8, 4) is 39.4 Å². The molecular weight excluding hydrogens is 587 g/mol. The van der Waals surface area contributed by atoms with E-state index in [-0.39, 0.29) is 0 Å². The van der Waals surface area contributed by atoms with Gasteiger partial charge in [0, 0.05) is 27.6 Å². The van der Waals surface area contributed by atoms with E-state index in [9.17, 15) is 0 Å². The van der Waals surface area contributed by atoms with E-state index in [1.165, 1.54) is 55.3 Å². The SMILES string of the molecule is NC(N)c1cccc(-n2c3ccccc3c3cc(-c4cccc5c4-c4ccccc4C54c5ccccc5Oc5ccccc54)ccc32)c1. The number of aromatic nitrogens is 1. The Morgan fingerprint density at radius 1 is 0.500 bits per heavy atom. The van der Waals surface area contributed by atoms with Crippen molar-refractivity contribution in [3.05, 3.63) is 186 Å². The van der Waals surface area contributed by atoms with Crippen LogP contribution >= 0.6 is 0 Å². The van der Waals surface area contributed by atoms with Gasteiger partial charge >= 0.3 is 0 Å². The van der Waals surface area contributed by atoms with Crippen molar-refractivity contribution in [2.24, 2.45) is 11.5 Å². The molecule has 0 saturated heterocycles. The van der Waals surface area contributed by atoms with Gasteiger partial charge in [-0.25, -0.2) is 0 Å². The molecule has 0 amide bonds. The lowest BCUT2D eigenvalue weighted by Crippen LogP contribution is -2.32. The molecule has 1 aromatic heterocycles. The fourth-order valence-electron chi connectivity index (χ4n) is 8.43. The number of ether oxygens (including phenoxy) is 1. The van der Waals surface area contributed by atoms with E-state index in [4.69, 9.17) is 16.2 Å². The zero-order valence-corrected chi connectivity index (χ0v) is 26.1. The lowest BCUT2D eigenvalue weighted by molar-refractivity contribution is 0.436. The molecule has 228 valence electrons. The normalized spacial score (nSPS) is 13.7. The molecule has 2 aliphatic rings. The number of para-hydroxylation sites is 3. The topological polar surface area (TPSA) is 66.2 Å². The number of rotatable bonds is 3. The average Bonchev–Trinajstić information content (AvgIpc) is 3.63. The van der Waals surface area contributed by atoms with Crippen LogP contribution < -0.4 is 16.2 Å². The molecule has 1 aliphatic heterocycles. The molecule has 10 rings (SSSR count). The third kappa shape index (κ3) is 3.56. The maximum atomic E-state index is 6.54. The predicted octanol–water partition coefficient (Wildman–Crippen LogP) is 9.84. The first-order valence-electron chi connectivity index (χ1n) is 16.4. The third-order valence-corrected chi connectivity index (χ3v) is 10.4. The van der Waals surface area contributed by atoms with Crippen molar-refractivity contribution in [3.63, 3.8) is 0 Å². The van der Waals surface area contributed by atoms with E-state index in [0.29, 0.717) is 0 Å². The van der Waals surface area contributed by atoms with Gasteiger partial charge in [-0.15, -0.1) is 0 Å². The van der Waals surface area contributed by atoms with Gasteiger partial charge in [0.25, 0.3) is 0 Å². The van der Waals surface area contributed by atoms with Crippen molar-refractivity contribution >= 4 is 21.8 Å². The quantitative estimate of drug-likeness (QED) is 0.194. The highest BCUT2D eigenvalue weighted by Crippen LogP contribution is 2.63. The Hall–Kier alpha value is -5.94. The molecule has 0 unspecified atom stereocenters. The summed E-state index contributed by atoms with van der Waals surface area (Å²) >= 11 is 0. The summed E-state index contributed by atoms with van der Waals surface area (Å²) in [5.41, 5.74) is 25.7. The van der Waals surface area contributed by atoms with Gasteiger partial charge in [0.05, 0.1) is 22.6 Å². The molecule has 0 radical (unpaired) electrons. The van der Waals surface area contributed by atoms with Gasteiger partial charge in [-0.3, -0.25) is 0 Å². The minimum Gasteiger partial charge on any atom is -0.457 e. The van der Waals surface area contributed by atoms with Crippen LogP contribution in [0.4, 0.5) is 0 Å². The Kier molecular flexibility index (Phi) is 5.68. The van der Waals surface area contributed by atoms with Gasteiger partial charge in [-0.2, -0.15) is 0 Å². The summed E-state index contributed by atoms with van der Waals surface area (Å²) in [5, 5.41) is 2.40. The molecule has 48 heavy (non-hydrogen) atoms. The first-order chi connectivity index (χ1) is 23.6. The van der Waals surface area contributed by atoms with Gasteiger partial charge in [0.2, 0.25) is 0 Å². The Labute approximate surface area is 278 Å². The van der Waals surface area contributed by atoms with Crippen molar-refractivity contribution in [1.82, 2.24) is 4.57 Å². The molecular formula is C44H31N3O. The summed E-state index contributed by atoms with van der Waals surface area (Å²) in [7, 11) is 0. The lowest BCUT2D eigenvalue weighted by atomic mass is 9.66. The molecule has 1 spiro atoms. The van der Waals surface area contributed by atoms with Crippen LogP contribution in [0.25, 0.3) is 49.7 Å². The summed E-state index contributed by atoms with van der Waals surface area (Å²) < 4.78 is 8.86. The summed E-state index contributed by atoms with van der Waals surface area (Å²) in [5.74, 6) is 1.80. The molecule has 0 bridgehead atoms. The number of hydrogen-bond acceptors (Lipinski definition) is 3. The average molecular weight is 618 g/mol. The van der Waals surface area contributed by atoms with E-state index in [1.54, 1.807) is 0 Å². The Morgan fingerprint density at radius 2 is 1.12 bits per heavy atom. The van der Waals surface area contributed by atoms with Gasteiger partial charge in [-0.05, 0) is 81.4 Å². The zero-order valence-electron chi connectivity index (χ0n) is 26.1. The molecule has 4 nitrogen and oxygen atoms in total. The van der Waals surface area contributed by atoms with Gasteiger partial charge in [0.1, 0.15) is 11.5 Å². The van der Waals surface area contributed by atoms with Crippen LogP contribution in [0.15, 0.2) is 158 Å². The fourth-order valence-corrected chi connectivity index (χ4v) is 8.43. The van der Waals surface area contributed by atoms with Crippen LogP contribution in [0.3, 0.4) is 0 Å². The van der Waals surface area contributed by atoms with Gasteiger partial charge in [0.15, 0.2) is 0 Å². The molecule has 4 heteroatoms. The van der Waals surface area contributed by atoms with Crippen LogP contribution in [-0.2, 0) is 5.41 Å². The minimum atomic E-state index is -0.536. The molecule has 2 heterocycles. The van der Waals surface area contributed by atoms with E-state index in [2.05, 4.69) is 150 Å². The predicted molar refractivity (Wildman–Crippen MR) is 195 cm³/mol. The van der Waals surface area contributed by atoms with E-state index in [0.717, 1.165) is 33.8 Å². The number of benzene rings is 7. The first kappa shape index (κ1) is 27.2. The minimum absolute atomic E-state index is 0.498. The monoisotopic (exact) mass is 617 g/mol. The smallest absolute Gasteiger partial charge is 0.132 e. The zero-order chi connectivity index (χ0) is 32.0. The van der Waals surface area contributed by atoms with Crippen molar-refractivity contribution < 1.29 is 4.74 Å². The van der Waals surface area contributed by atoms with Gasteiger partial charge in [-0.1, -0.05) is 115 Å². The second-order valence-corrected chi connectivity index (χ2v) is 12.8. The van der Waals surface area contributed by atoms with E-state index < -0.39 is 11.6 Å². The van der Waals surface area contributed by atoms with Crippen LogP contribution in [0.1, 0.15) is 34.0 Å². The third-order valence-electron chi connectivity index (χ3n) is 10.4. The van der Waals surface area contributed by atoms with E-state index in [1.807, 2.05) is 12.1 Å². The first-order valence-corrected chi connectivity index (χ1v) is 16.4. The number of nitrogens with two attached hydrogens (primary N) is 2. The van der Waals surface area contributed by atoms with Crippen molar-refractivity contribution in [2.45, 2.75) is 11.6 Å². The van der Waals surface area contributed by atoms with Crippen molar-refractivity contribution in [1.29, 1.82) is 0 Å². The van der Waals surface area contributed by atoms with Crippen LogP contribution in [0.2, 0.25) is 0 Å². The standard InChI is InChI=1S/C44H31N3O/c45-43(46)28-11-9-12-29(25-28)47-38-20-6-2-13-31(38)33-26-27(23-24-39(33)47)30-15-10-19-37-42(30)32-14-1-3-16-34(32)44(37)35-17-4-7-21-40(35)48-41-22-8-5-18-36(41)44/h1-26,43H,45-46H2. The number of fused-ring (bicyclic) bond motifs is 12. The lowest BCUT2D eigenvalue weighted by Gasteiger charge is -2.39. The van der Waals surface area contributed by atoms with Gasteiger partial charge < -0.3 is 20.8 Å². The molecule has 8 aromatic rings. The van der Waals surface area contributed by atoms with Crippen LogP contribution in [0, 0.1) is 0 Å². The summed E-state index contributed by atoms with van der Waals surface area (Å²) in [6, 6.07) is 56.5. The highest BCUT2D eigenvalue weighted by atomic mass is 16.5. The van der Waals surface area contributed by atoms with E-state index >= 15 is 0 Å². The Bertz CT molecular complexity index is 2550. The molecule has 4 N–H and O–H groups in total. The fraction of sp³-hybridized carbons (Fsp3) is 0.0455. The molecule has 0 atom stereocenters. The number of hydrogen-bond donors (Lipinski definition) is 2. The highest BCUT2D eigenvalue weighted by Gasteiger charge is 2.51. The number of nitrogens with zero attached hydrogens (tertiary/aromatic N) is 1. The second-order valence-electron chi connectivity index (χ2n) is 12.8. The highest BCUT2D eigenvalue weighted by molar-refractivity contribution is 6.11. The van der Waals surface area contributed by atoms with Crippen molar-refractivity contribution in [2.75, 3.05) is 0 Å². The molecule has 7 aromatic carbocycles. The summed E-state index contributed by atoms with van der Waals surface area (Å²) in [6.07, 6.45) is -0.536. The van der Waals surface area contributed by atoms with Crippen LogP contribution in [0.5, 0.6) is 11.5 Å².